The van der Waals surface area contributed by atoms with Crippen molar-refractivity contribution < 1.29 is 0 Å². The molecule has 0 N–H and O–H groups in total. The van der Waals surface area contributed by atoms with Crippen LogP contribution in [0.25, 0.3) is 0 Å². The zero-order chi connectivity index (χ0) is 13.0. The molecule has 0 aliphatic rings. The molecule has 96 valence electrons. The van der Waals surface area contributed by atoms with Gasteiger partial charge in [-0.25, -0.2) is 0 Å². The minimum atomic E-state index is 0.473. The van der Waals surface area contributed by atoms with Gasteiger partial charge in [-0.2, -0.15) is 0 Å². The average Bonchev–Trinajstić information content (AvgIpc) is 2.77. The van der Waals surface area contributed by atoms with Crippen LogP contribution >= 0.6 is 54.8 Å². The Labute approximate surface area is 134 Å². The summed E-state index contributed by atoms with van der Waals surface area (Å²) < 4.78 is 2.38. The summed E-state index contributed by atoms with van der Waals surface area (Å²) in [5.41, 5.74) is 1.33. The fraction of sp³-hybridized carbons (Fsp3) is 0.286. The Morgan fingerprint density at radius 1 is 1.06 bits per heavy atom. The van der Waals surface area contributed by atoms with Gasteiger partial charge < -0.3 is 0 Å². The number of alkyl halides is 1. The lowest BCUT2D eigenvalue weighted by Crippen LogP contribution is -2.10. The molecule has 0 spiro atoms. The van der Waals surface area contributed by atoms with E-state index in [1.165, 1.54) is 19.4 Å². The molecule has 1 heterocycles. The van der Waals surface area contributed by atoms with Crippen molar-refractivity contribution in [3.05, 3.63) is 55.1 Å². The van der Waals surface area contributed by atoms with E-state index in [9.17, 15) is 0 Å². The topological polar surface area (TPSA) is 0 Å². The smallest absolute Gasteiger partial charge is 0.0314 e. The molecule has 2 rings (SSSR count). The van der Waals surface area contributed by atoms with E-state index < -0.39 is 0 Å². The summed E-state index contributed by atoms with van der Waals surface area (Å²) in [5, 5.41) is 2.11. The van der Waals surface area contributed by atoms with Gasteiger partial charge in [0.15, 0.2) is 0 Å². The van der Waals surface area contributed by atoms with Crippen LogP contribution in [-0.2, 0) is 12.8 Å². The molecule has 1 aromatic carbocycles. The lowest BCUT2D eigenvalue weighted by atomic mass is 9.97. The van der Waals surface area contributed by atoms with Crippen molar-refractivity contribution in [2.24, 2.45) is 5.92 Å². The highest BCUT2D eigenvalue weighted by atomic mass is 79.9. The first-order valence-corrected chi connectivity index (χ1v) is 8.72. The quantitative estimate of drug-likeness (QED) is 0.539. The summed E-state index contributed by atoms with van der Waals surface area (Å²) >= 11 is 15.1. The van der Waals surface area contributed by atoms with E-state index in [4.69, 9.17) is 11.6 Å². The SMILES string of the molecule is ClCC(Cc1ccccc1Br)Cc1sccc1Br. The summed E-state index contributed by atoms with van der Waals surface area (Å²) in [6.07, 6.45) is 2.04. The molecule has 1 atom stereocenters. The number of rotatable bonds is 5. The van der Waals surface area contributed by atoms with E-state index >= 15 is 0 Å². The molecule has 0 amide bonds. The first-order chi connectivity index (χ1) is 8.70. The van der Waals surface area contributed by atoms with Gasteiger partial charge in [0.05, 0.1) is 0 Å². The Kier molecular flexibility index (Phi) is 5.74. The molecule has 2 aromatic rings. The molecule has 1 unspecified atom stereocenters. The number of thiophene rings is 1. The second kappa shape index (κ2) is 7.09. The van der Waals surface area contributed by atoms with Crippen LogP contribution < -0.4 is 0 Å². The van der Waals surface area contributed by atoms with E-state index in [1.54, 1.807) is 11.3 Å². The van der Waals surface area contributed by atoms with Gasteiger partial charge in [-0.1, -0.05) is 34.1 Å². The molecule has 0 fully saturated rings. The molecule has 0 radical (unpaired) electrons. The maximum Gasteiger partial charge on any atom is 0.0314 e. The van der Waals surface area contributed by atoms with Gasteiger partial charge in [0.2, 0.25) is 0 Å². The van der Waals surface area contributed by atoms with Gasteiger partial charge in [-0.05, 0) is 57.8 Å². The van der Waals surface area contributed by atoms with Crippen LogP contribution in [-0.4, -0.2) is 5.88 Å². The third-order valence-electron chi connectivity index (χ3n) is 2.85. The predicted octanol–water partition coefficient (Wildman–Crippen LogP) is 5.91. The fourth-order valence-corrected chi connectivity index (χ4v) is 4.18. The highest BCUT2D eigenvalue weighted by Gasteiger charge is 2.13. The molecule has 0 saturated heterocycles. The minimum Gasteiger partial charge on any atom is -0.148 e. The van der Waals surface area contributed by atoms with E-state index in [-0.39, 0.29) is 0 Å². The lowest BCUT2D eigenvalue weighted by molar-refractivity contribution is 0.587. The molecule has 1 aromatic heterocycles. The maximum absolute atomic E-state index is 6.11. The van der Waals surface area contributed by atoms with E-state index in [1.807, 2.05) is 6.07 Å². The predicted molar refractivity (Wildman–Crippen MR) is 87.8 cm³/mol. The van der Waals surface area contributed by atoms with E-state index in [2.05, 4.69) is 61.5 Å². The first kappa shape index (κ1) is 14.6. The Hall–Kier alpha value is 0.170. The van der Waals surface area contributed by atoms with Crippen LogP contribution in [0, 0.1) is 5.92 Å². The Bertz CT molecular complexity index is 510. The molecule has 18 heavy (non-hydrogen) atoms. The first-order valence-electron chi connectivity index (χ1n) is 5.72. The van der Waals surface area contributed by atoms with Gasteiger partial charge in [-0.3, -0.25) is 0 Å². The summed E-state index contributed by atoms with van der Waals surface area (Å²) in [5.74, 6) is 1.16. The summed E-state index contributed by atoms with van der Waals surface area (Å²) in [4.78, 5) is 1.38. The number of hydrogen-bond donors (Lipinski definition) is 0. The highest BCUT2D eigenvalue weighted by molar-refractivity contribution is 9.10. The Balaban J connectivity index is 2.06. The van der Waals surface area contributed by atoms with Gasteiger partial charge >= 0.3 is 0 Å². The van der Waals surface area contributed by atoms with Crippen molar-refractivity contribution in [2.75, 3.05) is 5.88 Å². The van der Waals surface area contributed by atoms with Crippen molar-refractivity contribution in [1.82, 2.24) is 0 Å². The Morgan fingerprint density at radius 3 is 2.44 bits per heavy atom. The van der Waals surface area contributed by atoms with Gasteiger partial charge in [0.1, 0.15) is 0 Å². The lowest BCUT2D eigenvalue weighted by Gasteiger charge is -2.14. The van der Waals surface area contributed by atoms with Gasteiger partial charge in [0, 0.05) is 19.7 Å². The standard InChI is InChI=1S/C14H13Br2ClS/c15-12-4-2-1-3-11(12)7-10(9-17)8-14-13(16)5-6-18-14/h1-6,10H,7-9H2. The Morgan fingerprint density at radius 2 is 1.83 bits per heavy atom. The normalized spacial score (nSPS) is 12.6. The number of hydrogen-bond acceptors (Lipinski definition) is 1. The molecule has 0 aliphatic carbocycles. The summed E-state index contributed by atoms with van der Waals surface area (Å²) in [7, 11) is 0. The van der Waals surface area contributed by atoms with Crippen molar-refractivity contribution in [3.8, 4) is 0 Å². The molecule has 0 bridgehead atoms. The van der Waals surface area contributed by atoms with Crippen molar-refractivity contribution in [2.45, 2.75) is 12.8 Å². The fourth-order valence-electron chi connectivity index (χ4n) is 1.89. The minimum absolute atomic E-state index is 0.473. The van der Waals surface area contributed by atoms with Gasteiger partial charge in [0.25, 0.3) is 0 Å². The molecule has 0 saturated carbocycles. The van der Waals surface area contributed by atoms with E-state index in [0.717, 1.165) is 12.8 Å². The monoisotopic (exact) mass is 406 g/mol. The zero-order valence-corrected chi connectivity index (χ0v) is 14.4. The van der Waals surface area contributed by atoms with Crippen LogP contribution in [0.15, 0.2) is 44.7 Å². The second-order valence-corrected chi connectivity index (χ2v) is 7.23. The molecule has 0 aliphatic heterocycles. The highest BCUT2D eigenvalue weighted by Crippen LogP contribution is 2.28. The second-order valence-electron chi connectivity index (χ2n) is 4.21. The van der Waals surface area contributed by atoms with Crippen LogP contribution in [0.4, 0.5) is 0 Å². The number of halogens is 3. The van der Waals surface area contributed by atoms with E-state index in [0.29, 0.717) is 11.8 Å². The van der Waals surface area contributed by atoms with Gasteiger partial charge in [-0.15, -0.1) is 22.9 Å². The van der Waals surface area contributed by atoms with Crippen LogP contribution in [0.5, 0.6) is 0 Å². The maximum atomic E-state index is 6.11. The van der Waals surface area contributed by atoms with Crippen molar-refractivity contribution >= 4 is 54.8 Å². The van der Waals surface area contributed by atoms with Crippen LogP contribution in [0.3, 0.4) is 0 Å². The largest absolute Gasteiger partial charge is 0.148 e. The van der Waals surface area contributed by atoms with Crippen LogP contribution in [0.2, 0.25) is 0 Å². The van der Waals surface area contributed by atoms with Crippen molar-refractivity contribution in [1.29, 1.82) is 0 Å². The third kappa shape index (κ3) is 3.83. The summed E-state index contributed by atoms with van der Waals surface area (Å²) in [6, 6.07) is 10.5. The number of benzene rings is 1. The van der Waals surface area contributed by atoms with Crippen molar-refractivity contribution in [3.63, 3.8) is 0 Å². The molecular weight excluding hydrogens is 395 g/mol. The third-order valence-corrected chi connectivity index (χ3v) is 6.01. The van der Waals surface area contributed by atoms with Crippen LogP contribution in [0.1, 0.15) is 10.4 Å². The summed E-state index contributed by atoms with van der Waals surface area (Å²) in [6.45, 7) is 0. The molecule has 0 nitrogen and oxygen atoms in total. The zero-order valence-electron chi connectivity index (χ0n) is 9.70. The average molecular weight is 409 g/mol. The molecule has 4 heteroatoms. The molecular formula is C14H13Br2ClS.